The number of nitrogens with zero attached hydrogens (tertiary/aromatic N) is 3. The van der Waals surface area contributed by atoms with E-state index in [1.54, 1.807) is 0 Å². The molecule has 0 saturated heterocycles. The Balaban J connectivity index is 2.16. The molecule has 0 N–H and O–H groups in total. The van der Waals surface area contributed by atoms with Crippen molar-refractivity contribution < 1.29 is 9.53 Å². The van der Waals surface area contributed by atoms with Crippen LogP contribution in [0.25, 0.3) is 10.4 Å². The summed E-state index contributed by atoms with van der Waals surface area (Å²) in [7, 11) is 1.38. The number of carbonyl (C=O) groups excluding carboxylic acids is 1. The Morgan fingerprint density at radius 3 is 2.36 bits per heavy atom. The largest absolute Gasteiger partial charge is 0.469 e. The lowest BCUT2D eigenvalue weighted by atomic mass is 9.97. The van der Waals surface area contributed by atoms with Crippen molar-refractivity contribution in [2.24, 2.45) is 5.11 Å². The van der Waals surface area contributed by atoms with Crippen molar-refractivity contribution in [1.82, 2.24) is 0 Å². The Kier molecular flexibility index (Phi) is 5.57. The minimum atomic E-state index is -0.346. The zero-order chi connectivity index (χ0) is 15.8. The van der Waals surface area contributed by atoms with E-state index in [1.807, 2.05) is 54.6 Å². The summed E-state index contributed by atoms with van der Waals surface area (Å²) in [6.45, 7) is 0. The van der Waals surface area contributed by atoms with Gasteiger partial charge in [0.2, 0.25) is 0 Å². The highest BCUT2D eigenvalue weighted by molar-refractivity contribution is 5.69. The van der Waals surface area contributed by atoms with Gasteiger partial charge in [-0.15, -0.1) is 0 Å². The minimum Gasteiger partial charge on any atom is -0.469 e. The summed E-state index contributed by atoms with van der Waals surface area (Å²) in [4.78, 5) is 14.1. The molecule has 2 aromatic carbocycles. The quantitative estimate of drug-likeness (QED) is 0.347. The van der Waals surface area contributed by atoms with E-state index in [4.69, 9.17) is 5.53 Å². The van der Waals surface area contributed by atoms with E-state index in [0.717, 1.165) is 16.7 Å². The van der Waals surface area contributed by atoms with Crippen molar-refractivity contribution in [2.75, 3.05) is 7.11 Å². The molecule has 2 aromatic rings. The average molecular weight is 295 g/mol. The summed E-state index contributed by atoms with van der Waals surface area (Å²) in [5.41, 5.74) is 11.7. The monoisotopic (exact) mass is 295 g/mol. The van der Waals surface area contributed by atoms with Crippen LogP contribution in [0.3, 0.4) is 0 Å². The zero-order valence-electron chi connectivity index (χ0n) is 12.3. The van der Waals surface area contributed by atoms with Crippen LogP contribution >= 0.6 is 0 Å². The summed E-state index contributed by atoms with van der Waals surface area (Å²) < 4.78 is 4.63. The van der Waals surface area contributed by atoms with Gasteiger partial charge in [-0.25, -0.2) is 0 Å². The van der Waals surface area contributed by atoms with Crippen molar-refractivity contribution in [3.05, 3.63) is 81.7 Å². The molecular formula is C17H17N3O2. The lowest BCUT2D eigenvalue weighted by Crippen LogP contribution is -2.02. The third-order valence-electron chi connectivity index (χ3n) is 3.42. The number of carbonyl (C=O) groups is 1. The van der Waals surface area contributed by atoms with Gasteiger partial charge in [0, 0.05) is 11.3 Å². The first-order chi connectivity index (χ1) is 10.7. The van der Waals surface area contributed by atoms with Crippen LogP contribution in [0.1, 0.15) is 29.2 Å². The molecule has 0 saturated carbocycles. The van der Waals surface area contributed by atoms with E-state index < -0.39 is 0 Å². The molecule has 0 amide bonds. The van der Waals surface area contributed by atoms with Gasteiger partial charge >= 0.3 is 5.97 Å². The third kappa shape index (κ3) is 4.11. The van der Waals surface area contributed by atoms with Gasteiger partial charge < -0.3 is 4.74 Å². The SMILES string of the molecule is COC(=O)CCc1ccc(C(N=[N+]=[N-])c2ccccc2)cc1. The Hall–Kier alpha value is -2.78. The third-order valence-corrected chi connectivity index (χ3v) is 3.42. The first-order valence-corrected chi connectivity index (χ1v) is 6.99. The molecule has 0 spiro atoms. The summed E-state index contributed by atoms with van der Waals surface area (Å²) in [5, 5.41) is 3.89. The van der Waals surface area contributed by atoms with Gasteiger partial charge in [0.1, 0.15) is 0 Å². The molecule has 0 aliphatic heterocycles. The van der Waals surface area contributed by atoms with Gasteiger partial charge in [0.25, 0.3) is 0 Å². The van der Waals surface area contributed by atoms with Crippen LogP contribution in [0.4, 0.5) is 0 Å². The highest BCUT2D eigenvalue weighted by Gasteiger charge is 2.12. The molecule has 0 fully saturated rings. The molecule has 2 rings (SSSR count). The zero-order valence-corrected chi connectivity index (χ0v) is 12.3. The number of rotatable bonds is 6. The van der Waals surface area contributed by atoms with E-state index in [9.17, 15) is 4.79 Å². The van der Waals surface area contributed by atoms with Crippen LogP contribution in [-0.2, 0) is 16.0 Å². The highest BCUT2D eigenvalue weighted by atomic mass is 16.5. The van der Waals surface area contributed by atoms with Crippen LogP contribution in [-0.4, -0.2) is 13.1 Å². The first kappa shape index (κ1) is 15.6. The Morgan fingerprint density at radius 1 is 1.14 bits per heavy atom. The smallest absolute Gasteiger partial charge is 0.305 e. The van der Waals surface area contributed by atoms with Gasteiger partial charge in [-0.05, 0) is 28.6 Å². The molecule has 1 atom stereocenters. The molecule has 0 bridgehead atoms. The molecule has 0 aromatic heterocycles. The summed E-state index contributed by atoms with van der Waals surface area (Å²) in [5.74, 6) is -0.222. The molecule has 22 heavy (non-hydrogen) atoms. The maximum Gasteiger partial charge on any atom is 0.305 e. The average Bonchev–Trinajstić information content (AvgIpc) is 2.59. The fourth-order valence-corrected chi connectivity index (χ4v) is 2.23. The summed E-state index contributed by atoms with van der Waals surface area (Å²) >= 11 is 0. The number of hydrogen-bond acceptors (Lipinski definition) is 3. The number of aryl methyl sites for hydroxylation is 1. The van der Waals surface area contributed by atoms with Gasteiger partial charge in [0.05, 0.1) is 13.2 Å². The molecular weight excluding hydrogens is 278 g/mol. The second kappa shape index (κ2) is 7.86. The second-order valence-corrected chi connectivity index (χ2v) is 4.84. The summed E-state index contributed by atoms with van der Waals surface area (Å²) in [6.07, 6.45) is 0.985. The molecule has 5 heteroatoms. The fraction of sp³-hybridized carbons (Fsp3) is 0.235. The van der Waals surface area contributed by atoms with E-state index >= 15 is 0 Å². The molecule has 0 aliphatic rings. The van der Waals surface area contributed by atoms with Crippen molar-refractivity contribution in [1.29, 1.82) is 0 Å². The van der Waals surface area contributed by atoms with Crippen molar-refractivity contribution in [3.63, 3.8) is 0 Å². The fourth-order valence-electron chi connectivity index (χ4n) is 2.23. The first-order valence-electron chi connectivity index (χ1n) is 6.99. The van der Waals surface area contributed by atoms with Crippen molar-refractivity contribution in [3.8, 4) is 0 Å². The van der Waals surface area contributed by atoms with E-state index in [1.165, 1.54) is 7.11 Å². The van der Waals surface area contributed by atoms with Crippen LogP contribution in [0.15, 0.2) is 59.7 Å². The van der Waals surface area contributed by atoms with Crippen LogP contribution in [0.5, 0.6) is 0 Å². The van der Waals surface area contributed by atoms with Crippen molar-refractivity contribution >= 4 is 5.97 Å². The Morgan fingerprint density at radius 2 is 1.77 bits per heavy atom. The minimum absolute atomic E-state index is 0.222. The second-order valence-electron chi connectivity index (χ2n) is 4.84. The molecule has 1 unspecified atom stereocenters. The van der Waals surface area contributed by atoms with Crippen LogP contribution < -0.4 is 0 Å². The van der Waals surface area contributed by atoms with E-state index in [2.05, 4.69) is 14.8 Å². The number of ether oxygens (including phenoxy) is 1. The number of methoxy groups -OCH3 is 1. The standard InChI is InChI=1S/C17H17N3O2/c1-22-16(21)12-9-13-7-10-15(11-8-13)17(19-20-18)14-5-3-2-4-6-14/h2-8,10-11,17H,9,12H2,1H3. The molecule has 0 heterocycles. The molecule has 112 valence electrons. The topological polar surface area (TPSA) is 75.1 Å². The number of esters is 1. The van der Waals surface area contributed by atoms with Crippen LogP contribution in [0.2, 0.25) is 0 Å². The molecule has 0 radical (unpaired) electrons. The Labute approximate surface area is 129 Å². The van der Waals surface area contributed by atoms with Gasteiger partial charge in [0.15, 0.2) is 0 Å². The number of hydrogen-bond donors (Lipinski definition) is 0. The lowest BCUT2D eigenvalue weighted by molar-refractivity contribution is -0.140. The Bertz CT molecular complexity index is 662. The maximum absolute atomic E-state index is 11.2. The van der Waals surface area contributed by atoms with Gasteiger partial charge in [-0.2, -0.15) is 0 Å². The summed E-state index contributed by atoms with van der Waals surface area (Å²) in [6, 6.07) is 17.0. The van der Waals surface area contributed by atoms with Gasteiger partial charge in [-0.3, -0.25) is 4.79 Å². The molecule has 0 aliphatic carbocycles. The number of azide groups is 1. The normalized spacial score (nSPS) is 11.3. The lowest BCUT2D eigenvalue weighted by Gasteiger charge is -2.12. The predicted molar refractivity (Wildman–Crippen MR) is 84.2 cm³/mol. The van der Waals surface area contributed by atoms with Crippen molar-refractivity contribution in [2.45, 2.75) is 18.9 Å². The highest BCUT2D eigenvalue weighted by Crippen LogP contribution is 2.26. The van der Waals surface area contributed by atoms with E-state index in [0.29, 0.717) is 12.8 Å². The van der Waals surface area contributed by atoms with Gasteiger partial charge in [-0.1, -0.05) is 59.7 Å². The maximum atomic E-state index is 11.2. The van der Waals surface area contributed by atoms with E-state index in [-0.39, 0.29) is 12.0 Å². The number of benzene rings is 2. The predicted octanol–water partition coefficient (Wildman–Crippen LogP) is 4.19. The molecule has 5 nitrogen and oxygen atoms in total. The van der Waals surface area contributed by atoms with Crippen LogP contribution in [0, 0.1) is 0 Å².